The van der Waals surface area contributed by atoms with Crippen molar-refractivity contribution in [1.82, 2.24) is 9.55 Å². The van der Waals surface area contributed by atoms with E-state index in [0.29, 0.717) is 16.8 Å². The minimum absolute atomic E-state index is 0.157. The Kier molecular flexibility index (Phi) is 3.21. The number of halogens is 3. The SMILES string of the molecule is COc1ccc2c(c1)[nH]c(=S)n2-c1ccc(F)c(F)c1F. The van der Waals surface area contributed by atoms with Gasteiger partial charge in [-0.05, 0) is 36.5 Å². The van der Waals surface area contributed by atoms with Gasteiger partial charge in [-0.2, -0.15) is 0 Å². The number of aromatic amines is 1. The maximum atomic E-state index is 14.0. The molecule has 108 valence electrons. The van der Waals surface area contributed by atoms with Gasteiger partial charge in [0.2, 0.25) is 0 Å². The van der Waals surface area contributed by atoms with E-state index < -0.39 is 17.5 Å². The molecule has 2 aromatic carbocycles. The van der Waals surface area contributed by atoms with Crippen LogP contribution in [0.2, 0.25) is 0 Å². The number of nitrogens with zero attached hydrogens (tertiary/aromatic N) is 1. The number of imidazole rings is 1. The van der Waals surface area contributed by atoms with Crippen LogP contribution < -0.4 is 4.74 Å². The first-order valence-corrected chi connectivity index (χ1v) is 6.36. The topological polar surface area (TPSA) is 29.9 Å². The van der Waals surface area contributed by atoms with E-state index in [4.69, 9.17) is 17.0 Å². The van der Waals surface area contributed by atoms with Gasteiger partial charge < -0.3 is 9.72 Å². The summed E-state index contributed by atoms with van der Waals surface area (Å²) in [5.41, 5.74) is 0.976. The number of rotatable bonds is 2. The summed E-state index contributed by atoms with van der Waals surface area (Å²) in [6, 6.07) is 7.00. The Morgan fingerprint density at radius 3 is 2.57 bits per heavy atom. The Bertz CT molecular complexity index is 901. The van der Waals surface area contributed by atoms with Crippen molar-refractivity contribution in [3.8, 4) is 11.4 Å². The highest BCUT2D eigenvalue weighted by molar-refractivity contribution is 7.71. The van der Waals surface area contributed by atoms with Crippen molar-refractivity contribution in [2.45, 2.75) is 0 Å². The second kappa shape index (κ2) is 4.92. The molecule has 1 N–H and O–H groups in total. The number of methoxy groups -OCH3 is 1. The minimum Gasteiger partial charge on any atom is -0.497 e. The fourth-order valence-electron chi connectivity index (χ4n) is 2.15. The molecule has 21 heavy (non-hydrogen) atoms. The van der Waals surface area contributed by atoms with Gasteiger partial charge in [-0.25, -0.2) is 13.2 Å². The number of ether oxygens (including phenoxy) is 1. The van der Waals surface area contributed by atoms with E-state index in [1.165, 1.54) is 11.7 Å². The standard InChI is InChI=1S/C14H9F3N2OS/c1-20-7-2-4-10-9(6-7)18-14(21)19(10)11-5-3-8(15)12(16)13(11)17/h2-6H,1H3,(H,18,21). The lowest BCUT2D eigenvalue weighted by molar-refractivity contribution is 0.415. The lowest BCUT2D eigenvalue weighted by Crippen LogP contribution is -2.02. The molecule has 1 heterocycles. The molecule has 0 atom stereocenters. The molecule has 3 nitrogen and oxygen atoms in total. The maximum Gasteiger partial charge on any atom is 0.196 e. The number of hydrogen-bond acceptors (Lipinski definition) is 2. The average Bonchev–Trinajstić information content (AvgIpc) is 2.80. The molecular weight excluding hydrogens is 301 g/mol. The molecule has 0 radical (unpaired) electrons. The summed E-state index contributed by atoms with van der Waals surface area (Å²) in [7, 11) is 1.52. The number of benzene rings is 2. The van der Waals surface area contributed by atoms with E-state index >= 15 is 0 Å². The molecule has 1 aromatic heterocycles. The summed E-state index contributed by atoms with van der Waals surface area (Å²) in [6.45, 7) is 0. The third kappa shape index (κ3) is 2.09. The molecule has 0 spiro atoms. The molecule has 7 heteroatoms. The van der Waals surface area contributed by atoms with Crippen molar-refractivity contribution in [1.29, 1.82) is 0 Å². The second-order valence-electron chi connectivity index (χ2n) is 4.34. The van der Waals surface area contributed by atoms with Crippen LogP contribution in [0.15, 0.2) is 30.3 Å². The highest BCUT2D eigenvalue weighted by atomic mass is 32.1. The first-order chi connectivity index (χ1) is 10.0. The van der Waals surface area contributed by atoms with Gasteiger partial charge in [0.1, 0.15) is 5.75 Å². The molecule has 0 saturated heterocycles. The average molecular weight is 310 g/mol. The van der Waals surface area contributed by atoms with E-state index in [0.717, 1.165) is 12.1 Å². The first kappa shape index (κ1) is 13.7. The third-order valence-corrected chi connectivity index (χ3v) is 3.43. The van der Waals surface area contributed by atoms with E-state index in [1.807, 2.05) is 0 Å². The fourth-order valence-corrected chi connectivity index (χ4v) is 2.45. The van der Waals surface area contributed by atoms with Crippen LogP contribution in [0.3, 0.4) is 0 Å². The lowest BCUT2D eigenvalue weighted by Gasteiger charge is -2.07. The number of nitrogens with one attached hydrogen (secondary N) is 1. The van der Waals surface area contributed by atoms with Gasteiger partial charge in [0, 0.05) is 6.07 Å². The van der Waals surface area contributed by atoms with Crippen molar-refractivity contribution >= 4 is 23.3 Å². The molecular formula is C14H9F3N2OS. The molecule has 0 saturated carbocycles. The van der Waals surface area contributed by atoms with E-state index in [9.17, 15) is 13.2 Å². The molecule has 3 aromatic rings. The molecule has 0 aliphatic rings. The van der Waals surface area contributed by atoms with Gasteiger partial charge >= 0.3 is 0 Å². The van der Waals surface area contributed by atoms with Crippen molar-refractivity contribution in [2.75, 3.05) is 7.11 Å². The molecule has 0 amide bonds. The molecule has 3 rings (SSSR count). The third-order valence-electron chi connectivity index (χ3n) is 3.15. The van der Waals surface area contributed by atoms with Crippen LogP contribution in [0.25, 0.3) is 16.7 Å². The van der Waals surface area contributed by atoms with Crippen molar-refractivity contribution in [3.05, 3.63) is 52.6 Å². The number of hydrogen-bond donors (Lipinski definition) is 1. The summed E-state index contributed by atoms with van der Waals surface area (Å²) in [5, 5.41) is 0. The Labute approximate surface area is 122 Å². The summed E-state index contributed by atoms with van der Waals surface area (Å²) in [6.07, 6.45) is 0. The van der Waals surface area contributed by atoms with Gasteiger partial charge in [-0.1, -0.05) is 0 Å². The largest absolute Gasteiger partial charge is 0.497 e. The fraction of sp³-hybridized carbons (Fsp3) is 0.0714. The van der Waals surface area contributed by atoms with Crippen LogP contribution in [0, 0.1) is 22.2 Å². The second-order valence-corrected chi connectivity index (χ2v) is 4.73. The highest BCUT2D eigenvalue weighted by Crippen LogP contribution is 2.26. The van der Waals surface area contributed by atoms with Crippen molar-refractivity contribution < 1.29 is 17.9 Å². The molecule has 0 aliphatic carbocycles. The summed E-state index contributed by atoms with van der Waals surface area (Å²) >= 11 is 5.13. The van der Waals surface area contributed by atoms with Crippen molar-refractivity contribution in [2.24, 2.45) is 0 Å². The number of fused-ring (bicyclic) bond motifs is 1. The lowest BCUT2D eigenvalue weighted by atomic mass is 10.2. The minimum atomic E-state index is -1.53. The zero-order valence-electron chi connectivity index (χ0n) is 10.8. The maximum absolute atomic E-state index is 14.0. The quantitative estimate of drug-likeness (QED) is 0.570. The van der Waals surface area contributed by atoms with Crippen LogP contribution >= 0.6 is 12.2 Å². The highest BCUT2D eigenvalue weighted by Gasteiger charge is 2.17. The van der Waals surface area contributed by atoms with Gasteiger partial charge in [0.15, 0.2) is 22.2 Å². The zero-order valence-corrected chi connectivity index (χ0v) is 11.6. The molecule has 0 bridgehead atoms. The van der Waals surface area contributed by atoms with E-state index in [-0.39, 0.29) is 10.5 Å². The Morgan fingerprint density at radius 2 is 1.86 bits per heavy atom. The van der Waals surface area contributed by atoms with Crippen molar-refractivity contribution in [3.63, 3.8) is 0 Å². The normalized spacial score (nSPS) is 11.0. The summed E-state index contributed by atoms with van der Waals surface area (Å²) in [5.74, 6) is -3.47. The van der Waals surface area contributed by atoms with Crippen LogP contribution in [0.1, 0.15) is 0 Å². The predicted molar refractivity (Wildman–Crippen MR) is 74.9 cm³/mol. The molecule has 0 fully saturated rings. The van der Waals surface area contributed by atoms with Crippen LogP contribution in [0.5, 0.6) is 5.75 Å². The van der Waals surface area contributed by atoms with Gasteiger partial charge in [-0.15, -0.1) is 0 Å². The summed E-state index contributed by atoms with van der Waals surface area (Å²) < 4.78 is 47.0. The van der Waals surface area contributed by atoms with Gasteiger partial charge in [-0.3, -0.25) is 4.57 Å². The van der Waals surface area contributed by atoms with Crippen LogP contribution in [0.4, 0.5) is 13.2 Å². The van der Waals surface area contributed by atoms with Gasteiger partial charge in [0.05, 0.1) is 23.8 Å². The predicted octanol–water partition coefficient (Wildman–Crippen LogP) is 4.11. The monoisotopic (exact) mass is 310 g/mol. The first-order valence-electron chi connectivity index (χ1n) is 5.95. The van der Waals surface area contributed by atoms with Crippen LogP contribution in [-0.2, 0) is 0 Å². The van der Waals surface area contributed by atoms with E-state index in [2.05, 4.69) is 4.98 Å². The summed E-state index contributed by atoms with van der Waals surface area (Å²) in [4.78, 5) is 2.88. The Hall–Kier alpha value is -2.28. The Balaban J connectivity index is 2.33. The van der Waals surface area contributed by atoms with Crippen LogP contribution in [-0.4, -0.2) is 16.7 Å². The van der Waals surface area contributed by atoms with Gasteiger partial charge in [0.25, 0.3) is 0 Å². The van der Waals surface area contributed by atoms with E-state index in [1.54, 1.807) is 18.2 Å². The molecule has 0 aliphatic heterocycles. The Morgan fingerprint density at radius 1 is 1.10 bits per heavy atom. The smallest absolute Gasteiger partial charge is 0.196 e. The molecule has 0 unspecified atom stereocenters. The number of aromatic nitrogens is 2. The zero-order chi connectivity index (χ0) is 15.1. The number of H-pyrrole nitrogens is 1.